The third-order valence-electron chi connectivity index (χ3n) is 2.55. The lowest BCUT2D eigenvalue weighted by atomic mass is 10.0. The van der Waals surface area contributed by atoms with E-state index in [2.05, 4.69) is 0 Å². The van der Waals surface area contributed by atoms with Gasteiger partial charge in [0, 0.05) is 5.02 Å². The summed E-state index contributed by atoms with van der Waals surface area (Å²) in [5, 5.41) is 0.398. The quantitative estimate of drug-likeness (QED) is 0.688. The van der Waals surface area contributed by atoms with Gasteiger partial charge >= 0.3 is 0 Å². The van der Waals surface area contributed by atoms with Gasteiger partial charge in [-0.15, -0.1) is 11.6 Å². The molecular weight excluding hydrogens is 258 g/mol. The standard InChI is InChI=1S/C14H11Cl2F/c15-13-7-2-1-6-12(13)14(16)9-10-4-3-5-11(17)8-10/h1-8,14H,9H2. The zero-order valence-corrected chi connectivity index (χ0v) is 10.5. The minimum absolute atomic E-state index is 0.245. The summed E-state index contributed by atoms with van der Waals surface area (Å²) in [7, 11) is 0. The summed E-state index contributed by atoms with van der Waals surface area (Å²) < 4.78 is 13.0. The maximum absolute atomic E-state index is 13.0. The Labute approximate surface area is 110 Å². The van der Waals surface area contributed by atoms with E-state index in [1.807, 2.05) is 24.3 Å². The van der Waals surface area contributed by atoms with Gasteiger partial charge in [0.2, 0.25) is 0 Å². The van der Waals surface area contributed by atoms with E-state index in [9.17, 15) is 4.39 Å². The topological polar surface area (TPSA) is 0 Å². The molecule has 3 heteroatoms. The van der Waals surface area contributed by atoms with E-state index in [0.717, 1.165) is 11.1 Å². The van der Waals surface area contributed by atoms with Crippen LogP contribution in [0.15, 0.2) is 48.5 Å². The van der Waals surface area contributed by atoms with Crippen molar-refractivity contribution in [1.82, 2.24) is 0 Å². The molecule has 1 unspecified atom stereocenters. The van der Waals surface area contributed by atoms with E-state index in [1.54, 1.807) is 12.1 Å². The van der Waals surface area contributed by atoms with E-state index >= 15 is 0 Å². The average Bonchev–Trinajstić information content (AvgIpc) is 2.29. The molecule has 0 N–H and O–H groups in total. The Morgan fingerprint density at radius 3 is 2.53 bits per heavy atom. The van der Waals surface area contributed by atoms with Gasteiger partial charge in [-0.3, -0.25) is 0 Å². The van der Waals surface area contributed by atoms with E-state index < -0.39 is 0 Å². The maximum atomic E-state index is 13.0. The SMILES string of the molecule is Fc1cccc(CC(Cl)c2ccccc2Cl)c1. The summed E-state index contributed by atoms with van der Waals surface area (Å²) in [5.41, 5.74) is 1.74. The summed E-state index contributed by atoms with van der Waals surface area (Å²) in [5.74, 6) is -0.245. The predicted molar refractivity (Wildman–Crippen MR) is 70.2 cm³/mol. The highest BCUT2D eigenvalue weighted by atomic mass is 35.5. The predicted octanol–water partition coefficient (Wildman–Crippen LogP) is 5.00. The second-order valence-electron chi connectivity index (χ2n) is 3.82. The minimum Gasteiger partial charge on any atom is -0.207 e. The third kappa shape index (κ3) is 3.21. The zero-order chi connectivity index (χ0) is 12.3. The molecule has 0 spiro atoms. The summed E-state index contributed by atoms with van der Waals surface area (Å²) in [6.45, 7) is 0. The number of rotatable bonds is 3. The van der Waals surface area contributed by atoms with Gasteiger partial charge in [-0.25, -0.2) is 4.39 Å². The lowest BCUT2D eigenvalue weighted by Gasteiger charge is -2.11. The second-order valence-corrected chi connectivity index (χ2v) is 4.76. The average molecular weight is 269 g/mol. The molecule has 0 amide bonds. The Kier molecular flexibility index (Phi) is 4.03. The monoisotopic (exact) mass is 268 g/mol. The number of hydrogen-bond acceptors (Lipinski definition) is 0. The molecule has 0 radical (unpaired) electrons. The van der Waals surface area contributed by atoms with E-state index in [-0.39, 0.29) is 11.2 Å². The lowest BCUT2D eigenvalue weighted by molar-refractivity contribution is 0.625. The van der Waals surface area contributed by atoms with Crippen LogP contribution in [0.1, 0.15) is 16.5 Å². The summed E-state index contributed by atoms with van der Waals surface area (Å²) >= 11 is 12.3. The van der Waals surface area contributed by atoms with Crippen LogP contribution in [0.5, 0.6) is 0 Å². The van der Waals surface area contributed by atoms with Crippen LogP contribution >= 0.6 is 23.2 Å². The van der Waals surface area contributed by atoms with Gasteiger partial charge in [-0.05, 0) is 35.7 Å². The fourth-order valence-electron chi connectivity index (χ4n) is 1.71. The van der Waals surface area contributed by atoms with Gasteiger partial charge in [0.25, 0.3) is 0 Å². The first kappa shape index (κ1) is 12.4. The van der Waals surface area contributed by atoms with Gasteiger partial charge in [-0.1, -0.05) is 41.9 Å². The molecule has 0 heterocycles. The molecule has 2 aromatic carbocycles. The van der Waals surface area contributed by atoms with Gasteiger partial charge in [0.1, 0.15) is 5.82 Å². The van der Waals surface area contributed by atoms with Crippen molar-refractivity contribution in [2.45, 2.75) is 11.8 Å². The zero-order valence-electron chi connectivity index (χ0n) is 9.04. The number of hydrogen-bond donors (Lipinski definition) is 0. The number of halogens is 3. The Balaban J connectivity index is 2.17. The Bertz CT molecular complexity index is 511. The van der Waals surface area contributed by atoms with Crippen molar-refractivity contribution in [3.8, 4) is 0 Å². The molecule has 0 saturated carbocycles. The van der Waals surface area contributed by atoms with Crippen LogP contribution in [0.2, 0.25) is 5.02 Å². The third-order valence-corrected chi connectivity index (χ3v) is 3.28. The fourth-order valence-corrected chi connectivity index (χ4v) is 2.40. The molecule has 2 rings (SSSR count). The summed E-state index contributed by atoms with van der Waals surface area (Å²) in [6, 6.07) is 13.9. The minimum atomic E-state index is -0.245. The van der Waals surface area contributed by atoms with Crippen LogP contribution in [-0.2, 0) is 6.42 Å². The molecule has 0 aliphatic carbocycles. The van der Waals surface area contributed by atoms with Crippen molar-refractivity contribution in [2.75, 3.05) is 0 Å². The summed E-state index contributed by atoms with van der Waals surface area (Å²) in [4.78, 5) is 0. The molecule has 0 aromatic heterocycles. The first-order valence-corrected chi connectivity index (χ1v) is 6.11. The number of alkyl halides is 1. The fraction of sp³-hybridized carbons (Fsp3) is 0.143. The first-order valence-electron chi connectivity index (χ1n) is 5.30. The van der Waals surface area contributed by atoms with Crippen LogP contribution in [-0.4, -0.2) is 0 Å². The van der Waals surface area contributed by atoms with Crippen LogP contribution in [0.25, 0.3) is 0 Å². The molecule has 88 valence electrons. The van der Waals surface area contributed by atoms with Crippen LogP contribution < -0.4 is 0 Å². The first-order chi connectivity index (χ1) is 8.16. The van der Waals surface area contributed by atoms with Crippen LogP contribution in [0, 0.1) is 5.82 Å². The van der Waals surface area contributed by atoms with Crippen molar-refractivity contribution in [3.63, 3.8) is 0 Å². The molecule has 0 nitrogen and oxygen atoms in total. The van der Waals surface area contributed by atoms with Crippen LogP contribution in [0.3, 0.4) is 0 Å². The van der Waals surface area contributed by atoms with Gasteiger partial charge in [0.15, 0.2) is 0 Å². The summed E-state index contributed by atoms with van der Waals surface area (Å²) in [6.07, 6.45) is 0.559. The van der Waals surface area contributed by atoms with Crippen molar-refractivity contribution in [1.29, 1.82) is 0 Å². The molecule has 0 bridgehead atoms. The lowest BCUT2D eigenvalue weighted by Crippen LogP contribution is -1.97. The molecule has 0 fully saturated rings. The highest BCUT2D eigenvalue weighted by molar-refractivity contribution is 6.32. The Hall–Kier alpha value is -1.05. The Morgan fingerprint density at radius 1 is 1.06 bits per heavy atom. The highest BCUT2D eigenvalue weighted by Gasteiger charge is 2.12. The van der Waals surface area contributed by atoms with Crippen molar-refractivity contribution < 1.29 is 4.39 Å². The molecule has 2 aromatic rings. The molecule has 1 atom stereocenters. The van der Waals surface area contributed by atoms with Gasteiger partial charge in [-0.2, -0.15) is 0 Å². The molecule has 0 aliphatic rings. The normalized spacial score (nSPS) is 12.4. The molecule has 0 aliphatic heterocycles. The van der Waals surface area contributed by atoms with Gasteiger partial charge < -0.3 is 0 Å². The van der Waals surface area contributed by atoms with Gasteiger partial charge in [0.05, 0.1) is 5.38 Å². The highest BCUT2D eigenvalue weighted by Crippen LogP contribution is 2.30. The molecular formula is C14H11Cl2F. The van der Waals surface area contributed by atoms with Crippen molar-refractivity contribution >= 4 is 23.2 Å². The van der Waals surface area contributed by atoms with E-state index in [4.69, 9.17) is 23.2 Å². The van der Waals surface area contributed by atoms with E-state index in [1.165, 1.54) is 12.1 Å². The molecule has 17 heavy (non-hydrogen) atoms. The van der Waals surface area contributed by atoms with Crippen LogP contribution in [0.4, 0.5) is 4.39 Å². The number of benzene rings is 2. The van der Waals surface area contributed by atoms with E-state index in [0.29, 0.717) is 11.4 Å². The van der Waals surface area contributed by atoms with Crippen molar-refractivity contribution in [3.05, 3.63) is 70.5 Å². The molecule has 0 saturated heterocycles. The van der Waals surface area contributed by atoms with Crippen molar-refractivity contribution in [2.24, 2.45) is 0 Å². The maximum Gasteiger partial charge on any atom is 0.123 e. The Morgan fingerprint density at radius 2 is 1.82 bits per heavy atom. The second kappa shape index (κ2) is 5.52. The largest absolute Gasteiger partial charge is 0.207 e. The smallest absolute Gasteiger partial charge is 0.123 e.